The maximum absolute atomic E-state index is 13.0. The number of benzene rings is 1. The average molecular weight is 403 g/mol. The van der Waals surface area contributed by atoms with Crippen molar-refractivity contribution in [3.63, 3.8) is 0 Å². The van der Waals surface area contributed by atoms with E-state index in [2.05, 4.69) is 24.5 Å². The zero-order valence-electron chi connectivity index (χ0n) is 19.1. The van der Waals surface area contributed by atoms with Crippen molar-refractivity contribution < 1.29 is 9.59 Å². The van der Waals surface area contributed by atoms with Crippen LogP contribution in [0.3, 0.4) is 0 Å². The van der Waals surface area contributed by atoms with Crippen molar-refractivity contribution >= 4 is 23.3 Å². The Morgan fingerprint density at radius 2 is 1.86 bits per heavy atom. The molecule has 1 atom stereocenters. The van der Waals surface area contributed by atoms with E-state index in [0.29, 0.717) is 6.54 Å². The molecule has 0 aliphatic heterocycles. The normalized spacial score (nSPS) is 15.3. The molecular formula is C23H38N4O2. The number of hydrogen-bond acceptors (Lipinski definition) is 3. The number of nitrogens with zero attached hydrogens (tertiary/aromatic N) is 2. The molecule has 1 unspecified atom stereocenters. The molecule has 0 aromatic heterocycles. The molecule has 2 N–H and O–H groups in total. The first-order valence-electron chi connectivity index (χ1n) is 10.7. The van der Waals surface area contributed by atoms with Crippen LogP contribution in [0.2, 0.25) is 0 Å². The number of carbonyl (C=O) groups is 2. The molecule has 6 heteroatoms. The van der Waals surface area contributed by atoms with Crippen molar-refractivity contribution in [2.75, 3.05) is 24.3 Å². The van der Waals surface area contributed by atoms with Gasteiger partial charge in [-0.1, -0.05) is 13.3 Å². The SMILES string of the molecule is CCC(C)N(Cc1cc(NC(=O)C2CCC2)ccc1N(C)C)C(=O)NC(C)(C)C. The number of amides is 3. The molecule has 1 aromatic rings. The third kappa shape index (κ3) is 6.38. The highest BCUT2D eigenvalue weighted by molar-refractivity contribution is 5.93. The van der Waals surface area contributed by atoms with Gasteiger partial charge in [0.2, 0.25) is 5.91 Å². The predicted molar refractivity (Wildman–Crippen MR) is 120 cm³/mol. The van der Waals surface area contributed by atoms with Crippen LogP contribution >= 0.6 is 0 Å². The van der Waals surface area contributed by atoms with Crippen LogP contribution in [-0.4, -0.2) is 42.5 Å². The molecule has 3 amide bonds. The van der Waals surface area contributed by atoms with Gasteiger partial charge in [0.15, 0.2) is 0 Å². The van der Waals surface area contributed by atoms with Gasteiger partial charge in [-0.25, -0.2) is 4.79 Å². The fraction of sp³-hybridized carbons (Fsp3) is 0.652. The summed E-state index contributed by atoms with van der Waals surface area (Å²) in [7, 11) is 3.99. The summed E-state index contributed by atoms with van der Waals surface area (Å²) in [5.74, 6) is 0.241. The van der Waals surface area contributed by atoms with E-state index in [0.717, 1.165) is 42.6 Å². The van der Waals surface area contributed by atoms with Gasteiger partial charge in [-0.05, 0) is 70.7 Å². The molecule has 162 valence electrons. The van der Waals surface area contributed by atoms with E-state index in [4.69, 9.17) is 0 Å². The Balaban J connectivity index is 2.28. The van der Waals surface area contributed by atoms with E-state index in [1.54, 1.807) is 0 Å². The molecular weight excluding hydrogens is 364 g/mol. The van der Waals surface area contributed by atoms with Crippen LogP contribution in [0.25, 0.3) is 0 Å². The molecule has 6 nitrogen and oxygen atoms in total. The van der Waals surface area contributed by atoms with Gasteiger partial charge in [0.05, 0.1) is 0 Å². The first-order chi connectivity index (χ1) is 13.5. The summed E-state index contributed by atoms with van der Waals surface area (Å²) < 4.78 is 0. The topological polar surface area (TPSA) is 64.7 Å². The zero-order chi connectivity index (χ0) is 21.8. The molecule has 1 aromatic carbocycles. The Morgan fingerprint density at radius 3 is 2.34 bits per heavy atom. The fourth-order valence-electron chi connectivity index (χ4n) is 3.37. The highest BCUT2D eigenvalue weighted by Crippen LogP contribution is 2.29. The fourth-order valence-corrected chi connectivity index (χ4v) is 3.37. The van der Waals surface area contributed by atoms with Gasteiger partial charge in [0.25, 0.3) is 0 Å². The second kappa shape index (κ2) is 9.51. The summed E-state index contributed by atoms with van der Waals surface area (Å²) in [4.78, 5) is 29.3. The molecule has 0 radical (unpaired) electrons. The quantitative estimate of drug-likeness (QED) is 0.700. The lowest BCUT2D eigenvalue weighted by molar-refractivity contribution is -0.122. The molecule has 1 aliphatic rings. The number of hydrogen-bond donors (Lipinski definition) is 2. The van der Waals surface area contributed by atoms with E-state index in [-0.39, 0.29) is 29.4 Å². The Bertz CT molecular complexity index is 720. The molecule has 0 spiro atoms. The molecule has 0 bridgehead atoms. The summed E-state index contributed by atoms with van der Waals surface area (Å²) >= 11 is 0. The van der Waals surface area contributed by atoms with Crippen LogP contribution in [0.4, 0.5) is 16.2 Å². The monoisotopic (exact) mass is 402 g/mol. The predicted octanol–water partition coefficient (Wildman–Crippen LogP) is 4.60. The molecule has 0 heterocycles. The maximum atomic E-state index is 13.0. The molecule has 1 saturated carbocycles. The minimum Gasteiger partial charge on any atom is -0.377 e. The second-order valence-electron chi connectivity index (χ2n) is 9.42. The number of carbonyl (C=O) groups excluding carboxylic acids is 2. The van der Waals surface area contributed by atoms with Gasteiger partial charge in [-0.15, -0.1) is 0 Å². The summed E-state index contributed by atoms with van der Waals surface area (Å²) in [6.45, 7) is 10.6. The second-order valence-corrected chi connectivity index (χ2v) is 9.42. The van der Waals surface area contributed by atoms with E-state index >= 15 is 0 Å². The number of urea groups is 1. The Morgan fingerprint density at radius 1 is 1.21 bits per heavy atom. The minimum atomic E-state index is -0.300. The average Bonchev–Trinajstić information content (AvgIpc) is 2.55. The van der Waals surface area contributed by atoms with Crippen molar-refractivity contribution in [1.29, 1.82) is 0 Å². The Kier molecular flexibility index (Phi) is 7.55. The minimum absolute atomic E-state index is 0.0690. The Hall–Kier alpha value is -2.24. The summed E-state index contributed by atoms with van der Waals surface area (Å²) in [5, 5.41) is 6.14. The van der Waals surface area contributed by atoms with Crippen LogP contribution in [0.15, 0.2) is 18.2 Å². The molecule has 2 rings (SSSR count). The van der Waals surface area contributed by atoms with Crippen LogP contribution in [0.5, 0.6) is 0 Å². The highest BCUT2D eigenvalue weighted by Gasteiger charge is 2.26. The van der Waals surface area contributed by atoms with Gasteiger partial charge in [0, 0.05) is 49.5 Å². The smallest absolute Gasteiger partial charge is 0.318 e. The van der Waals surface area contributed by atoms with Crippen molar-refractivity contribution in [2.45, 2.75) is 78.4 Å². The van der Waals surface area contributed by atoms with Crippen molar-refractivity contribution in [3.05, 3.63) is 23.8 Å². The van der Waals surface area contributed by atoms with Gasteiger partial charge < -0.3 is 20.4 Å². The standard InChI is InChI=1S/C23H38N4O2/c1-8-16(2)27(22(29)25-23(3,4)5)15-18-14-19(12-13-20(18)26(6)7)24-21(28)17-10-9-11-17/h12-14,16-17H,8-11,15H2,1-7H3,(H,24,28)(H,25,29). The summed E-state index contributed by atoms with van der Waals surface area (Å²) in [6, 6.07) is 5.99. The molecule has 29 heavy (non-hydrogen) atoms. The highest BCUT2D eigenvalue weighted by atomic mass is 16.2. The van der Waals surface area contributed by atoms with Gasteiger partial charge in [0.1, 0.15) is 0 Å². The van der Waals surface area contributed by atoms with Crippen molar-refractivity contribution in [2.24, 2.45) is 5.92 Å². The van der Waals surface area contributed by atoms with E-state index < -0.39 is 0 Å². The summed E-state index contributed by atoms with van der Waals surface area (Å²) in [5.41, 5.74) is 2.56. The largest absolute Gasteiger partial charge is 0.377 e. The number of rotatable bonds is 7. The zero-order valence-corrected chi connectivity index (χ0v) is 19.1. The third-order valence-corrected chi connectivity index (χ3v) is 5.51. The molecule has 1 fully saturated rings. The van der Waals surface area contributed by atoms with E-state index in [1.807, 2.05) is 62.9 Å². The number of nitrogens with one attached hydrogen (secondary N) is 2. The van der Waals surface area contributed by atoms with Gasteiger partial charge in [-0.2, -0.15) is 0 Å². The molecule has 0 saturated heterocycles. The van der Waals surface area contributed by atoms with Gasteiger partial charge in [-0.3, -0.25) is 4.79 Å². The van der Waals surface area contributed by atoms with E-state index in [9.17, 15) is 9.59 Å². The summed E-state index contributed by atoms with van der Waals surface area (Å²) in [6.07, 6.45) is 3.95. The lowest BCUT2D eigenvalue weighted by atomic mass is 9.85. The van der Waals surface area contributed by atoms with Crippen LogP contribution < -0.4 is 15.5 Å². The van der Waals surface area contributed by atoms with Gasteiger partial charge >= 0.3 is 6.03 Å². The molecule has 1 aliphatic carbocycles. The van der Waals surface area contributed by atoms with Crippen LogP contribution in [-0.2, 0) is 11.3 Å². The van der Waals surface area contributed by atoms with Crippen molar-refractivity contribution in [1.82, 2.24) is 10.2 Å². The lowest BCUT2D eigenvalue weighted by Gasteiger charge is -2.33. The van der Waals surface area contributed by atoms with Crippen LogP contribution in [0.1, 0.15) is 65.9 Å². The first-order valence-corrected chi connectivity index (χ1v) is 10.7. The van der Waals surface area contributed by atoms with Crippen molar-refractivity contribution in [3.8, 4) is 0 Å². The number of anilines is 2. The Labute approximate surface area is 176 Å². The maximum Gasteiger partial charge on any atom is 0.318 e. The van der Waals surface area contributed by atoms with E-state index in [1.165, 1.54) is 0 Å². The third-order valence-electron chi connectivity index (χ3n) is 5.51. The first kappa shape index (κ1) is 23.0. The lowest BCUT2D eigenvalue weighted by Crippen LogP contribution is -2.51. The van der Waals surface area contributed by atoms with Crippen LogP contribution in [0, 0.1) is 5.92 Å².